The second kappa shape index (κ2) is 6.74. The van der Waals surface area contributed by atoms with Crippen LogP contribution in [0.5, 0.6) is 0 Å². The highest BCUT2D eigenvalue weighted by Gasteiger charge is 1.85. The Morgan fingerprint density at radius 1 is 0.778 bits per heavy atom. The second-order valence-electron chi connectivity index (χ2n) is 3.21. The highest BCUT2D eigenvalue weighted by Crippen LogP contribution is 1.99. The number of nitrogens with zero attached hydrogens (tertiary/aromatic N) is 4. The van der Waals surface area contributed by atoms with Gasteiger partial charge in [0.2, 0.25) is 0 Å². The average molecular weight is 240 g/mol. The van der Waals surface area contributed by atoms with Gasteiger partial charge in [-0.15, -0.1) is 0 Å². The summed E-state index contributed by atoms with van der Waals surface area (Å²) in [7, 11) is 0. The average Bonchev–Trinajstić information content (AvgIpc) is 2.45. The Labute approximate surface area is 104 Å². The number of nitrogens with one attached hydrogen (secondary N) is 2. The normalized spacial score (nSPS) is 10.9. The summed E-state index contributed by atoms with van der Waals surface area (Å²) in [5.41, 5.74) is 5.53. The molecule has 2 aromatic rings. The molecule has 6 heteroatoms. The maximum absolute atomic E-state index is 4.05. The zero-order valence-corrected chi connectivity index (χ0v) is 9.56. The first-order valence-corrected chi connectivity index (χ1v) is 5.34. The van der Waals surface area contributed by atoms with Crippen molar-refractivity contribution in [3.05, 3.63) is 48.8 Å². The molecular formula is C12H12N6. The summed E-state index contributed by atoms with van der Waals surface area (Å²) in [6.07, 6.45) is 6.42. The van der Waals surface area contributed by atoms with Crippen LogP contribution in [-0.4, -0.2) is 22.4 Å². The fraction of sp³-hybridized carbons (Fsp3) is 0. The predicted octanol–water partition coefficient (Wildman–Crippen LogP) is 1.97. The lowest BCUT2D eigenvalue weighted by Gasteiger charge is -1.96. The monoisotopic (exact) mass is 240 g/mol. The number of anilines is 2. The van der Waals surface area contributed by atoms with Crippen LogP contribution in [-0.2, 0) is 0 Å². The molecule has 6 nitrogen and oxygen atoms in total. The molecule has 2 rings (SSSR count). The third-order valence-electron chi connectivity index (χ3n) is 1.90. The summed E-state index contributed by atoms with van der Waals surface area (Å²) in [5, 5.41) is 7.85. The fourth-order valence-electron chi connectivity index (χ4n) is 1.13. The van der Waals surface area contributed by atoms with Gasteiger partial charge in [-0.25, -0.2) is 9.97 Å². The van der Waals surface area contributed by atoms with Gasteiger partial charge in [-0.1, -0.05) is 12.1 Å². The SMILES string of the molecule is C(/C=N/Nc1ccccn1)=N/Nc1ccccn1. The first kappa shape index (κ1) is 11.7. The third kappa shape index (κ3) is 4.01. The maximum atomic E-state index is 4.05. The van der Waals surface area contributed by atoms with Gasteiger partial charge in [-0.2, -0.15) is 10.2 Å². The summed E-state index contributed by atoms with van der Waals surface area (Å²) in [6.45, 7) is 0. The number of hydrogen-bond donors (Lipinski definition) is 2. The van der Waals surface area contributed by atoms with Gasteiger partial charge in [0.05, 0.1) is 12.4 Å². The van der Waals surface area contributed by atoms with Crippen LogP contribution in [0.1, 0.15) is 0 Å². The van der Waals surface area contributed by atoms with Crippen LogP contribution in [0.15, 0.2) is 59.0 Å². The van der Waals surface area contributed by atoms with Gasteiger partial charge in [0.1, 0.15) is 11.6 Å². The molecule has 2 N–H and O–H groups in total. The lowest BCUT2D eigenvalue weighted by Crippen LogP contribution is -1.94. The minimum absolute atomic E-state index is 0.680. The van der Waals surface area contributed by atoms with E-state index < -0.39 is 0 Å². The van der Waals surface area contributed by atoms with Gasteiger partial charge < -0.3 is 0 Å². The zero-order chi connectivity index (χ0) is 12.5. The van der Waals surface area contributed by atoms with Gasteiger partial charge in [0, 0.05) is 12.4 Å². The number of pyridine rings is 2. The van der Waals surface area contributed by atoms with E-state index >= 15 is 0 Å². The third-order valence-corrected chi connectivity index (χ3v) is 1.90. The molecular weight excluding hydrogens is 228 g/mol. The first-order chi connectivity index (χ1) is 8.95. The van der Waals surface area contributed by atoms with Crippen LogP contribution < -0.4 is 10.9 Å². The minimum atomic E-state index is 0.680. The van der Waals surface area contributed by atoms with E-state index in [-0.39, 0.29) is 0 Å². The van der Waals surface area contributed by atoms with Crippen molar-refractivity contribution in [1.29, 1.82) is 0 Å². The molecule has 0 saturated heterocycles. The maximum Gasteiger partial charge on any atom is 0.146 e. The van der Waals surface area contributed by atoms with E-state index in [1.807, 2.05) is 36.4 Å². The molecule has 0 bridgehead atoms. The van der Waals surface area contributed by atoms with Crippen molar-refractivity contribution >= 4 is 24.1 Å². The van der Waals surface area contributed by atoms with Crippen LogP contribution >= 0.6 is 0 Å². The topological polar surface area (TPSA) is 74.6 Å². The van der Waals surface area contributed by atoms with E-state index in [1.165, 1.54) is 12.4 Å². The zero-order valence-electron chi connectivity index (χ0n) is 9.56. The Balaban J connectivity index is 1.75. The lowest BCUT2D eigenvalue weighted by molar-refractivity contribution is 1.23. The molecule has 0 saturated carbocycles. The summed E-state index contributed by atoms with van der Waals surface area (Å²) in [6, 6.07) is 11.1. The number of hydrogen-bond acceptors (Lipinski definition) is 6. The van der Waals surface area contributed by atoms with Crippen LogP contribution in [0.3, 0.4) is 0 Å². The predicted molar refractivity (Wildman–Crippen MR) is 72.7 cm³/mol. The standard InChI is InChI=1S/C12H12N6/c1-3-7-13-11(5-1)17-15-9-10-16-18-12-6-2-4-8-14-12/h1-10H,(H,13,17)(H,14,18)/b15-9-,16-10+. The molecule has 0 atom stereocenters. The molecule has 0 fully saturated rings. The molecule has 18 heavy (non-hydrogen) atoms. The van der Waals surface area contributed by atoms with Crippen molar-refractivity contribution < 1.29 is 0 Å². The molecule has 2 heterocycles. The summed E-state index contributed by atoms with van der Waals surface area (Å²) in [4.78, 5) is 8.10. The Morgan fingerprint density at radius 3 is 1.67 bits per heavy atom. The van der Waals surface area contributed by atoms with E-state index in [4.69, 9.17) is 0 Å². The summed E-state index contributed by atoms with van der Waals surface area (Å²) in [5.74, 6) is 1.36. The Hall–Kier alpha value is -2.76. The largest absolute Gasteiger partial charge is 0.261 e. The van der Waals surface area contributed by atoms with Crippen molar-refractivity contribution in [3.63, 3.8) is 0 Å². The van der Waals surface area contributed by atoms with Crippen molar-refractivity contribution in [3.8, 4) is 0 Å². The number of hydrazone groups is 2. The van der Waals surface area contributed by atoms with Crippen molar-refractivity contribution in [2.45, 2.75) is 0 Å². The molecule has 2 aromatic heterocycles. The van der Waals surface area contributed by atoms with Crippen molar-refractivity contribution in [2.75, 3.05) is 10.9 Å². The highest BCUT2D eigenvalue weighted by atomic mass is 15.3. The molecule has 0 radical (unpaired) electrons. The number of rotatable bonds is 5. The molecule has 0 aliphatic rings. The Kier molecular flexibility index (Phi) is 4.39. The quantitative estimate of drug-likeness (QED) is 0.619. The molecule has 0 unspecified atom stereocenters. The van der Waals surface area contributed by atoms with Gasteiger partial charge in [0.15, 0.2) is 0 Å². The van der Waals surface area contributed by atoms with Gasteiger partial charge >= 0.3 is 0 Å². The van der Waals surface area contributed by atoms with E-state index in [9.17, 15) is 0 Å². The van der Waals surface area contributed by atoms with Crippen LogP contribution in [0, 0.1) is 0 Å². The Bertz CT molecular complexity index is 459. The molecule has 0 spiro atoms. The number of aromatic nitrogens is 2. The molecule has 0 aliphatic carbocycles. The molecule has 0 aromatic carbocycles. The molecule has 0 amide bonds. The lowest BCUT2D eigenvalue weighted by atomic mass is 10.5. The van der Waals surface area contributed by atoms with E-state index in [1.54, 1.807) is 12.4 Å². The van der Waals surface area contributed by atoms with Crippen LogP contribution in [0.25, 0.3) is 0 Å². The van der Waals surface area contributed by atoms with Crippen LogP contribution in [0.4, 0.5) is 11.6 Å². The summed E-state index contributed by atoms with van der Waals surface area (Å²) >= 11 is 0. The van der Waals surface area contributed by atoms with E-state index in [0.717, 1.165) is 0 Å². The summed E-state index contributed by atoms with van der Waals surface area (Å²) < 4.78 is 0. The van der Waals surface area contributed by atoms with Crippen molar-refractivity contribution in [1.82, 2.24) is 9.97 Å². The van der Waals surface area contributed by atoms with Crippen molar-refractivity contribution in [2.24, 2.45) is 10.2 Å². The molecule has 0 aliphatic heterocycles. The smallest absolute Gasteiger partial charge is 0.146 e. The van der Waals surface area contributed by atoms with E-state index in [0.29, 0.717) is 11.6 Å². The van der Waals surface area contributed by atoms with Gasteiger partial charge in [-0.05, 0) is 24.3 Å². The molecule has 90 valence electrons. The van der Waals surface area contributed by atoms with Gasteiger partial charge in [0.25, 0.3) is 0 Å². The Morgan fingerprint density at radius 2 is 1.28 bits per heavy atom. The first-order valence-electron chi connectivity index (χ1n) is 5.34. The van der Waals surface area contributed by atoms with Gasteiger partial charge in [-0.3, -0.25) is 10.9 Å². The fourth-order valence-corrected chi connectivity index (χ4v) is 1.13. The minimum Gasteiger partial charge on any atom is -0.261 e. The highest BCUT2D eigenvalue weighted by molar-refractivity contribution is 6.16. The second-order valence-corrected chi connectivity index (χ2v) is 3.21. The van der Waals surface area contributed by atoms with Crippen LogP contribution in [0.2, 0.25) is 0 Å². The van der Waals surface area contributed by atoms with E-state index in [2.05, 4.69) is 31.0 Å².